The second-order valence-electron chi connectivity index (χ2n) is 3.83. The van der Waals surface area contributed by atoms with Crippen molar-refractivity contribution in [3.63, 3.8) is 0 Å². The van der Waals surface area contributed by atoms with Gasteiger partial charge >= 0.3 is 0 Å². The van der Waals surface area contributed by atoms with Crippen molar-refractivity contribution in [3.8, 4) is 0 Å². The Bertz CT molecular complexity index is 364. The van der Waals surface area contributed by atoms with Gasteiger partial charge in [-0.25, -0.2) is 8.78 Å². The van der Waals surface area contributed by atoms with Gasteiger partial charge in [0.2, 0.25) is 5.92 Å². The highest BCUT2D eigenvalue weighted by Gasteiger charge is 2.41. The molecule has 15 heavy (non-hydrogen) atoms. The lowest BCUT2D eigenvalue weighted by Gasteiger charge is -2.27. The summed E-state index contributed by atoms with van der Waals surface area (Å²) in [5.41, 5.74) is 0.460. The van der Waals surface area contributed by atoms with Gasteiger partial charge in [0.1, 0.15) is 5.78 Å². The van der Waals surface area contributed by atoms with Crippen LogP contribution < -0.4 is 0 Å². The fourth-order valence-electron chi connectivity index (χ4n) is 1.85. The molecule has 1 saturated carbocycles. The molecule has 1 aromatic heterocycles. The molecule has 1 atom stereocenters. The Morgan fingerprint density at radius 1 is 1.40 bits per heavy atom. The second-order valence-corrected chi connectivity index (χ2v) is 3.83. The largest absolute Gasteiger partial charge is 0.299 e. The number of Topliss-reactive ketones (excluding diaryl/α,β-unsaturated/α-hetero) is 1. The fourth-order valence-corrected chi connectivity index (χ4v) is 1.85. The maximum Gasteiger partial charge on any atom is 0.249 e. The normalized spacial score (nSPS) is 25.2. The Labute approximate surface area is 86.3 Å². The second kappa shape index (κ2) is 3.68. The van der Waals surface area contributed by atoms with Crippen LogP contribution in [0.15, 0.2) is 24.4 Å². The molecular formula is C11H11F2NO. The molecule has 0 aliphatic heterocycles. The minimum atomic E-state index is -2.73. The van der Waals surface area contributed by atoms with Crippen molar-refractivity contribution in [1.29, 1.82) is 0 Å². The number of ketones is 1. The topological polar surface area (TPSA) is 30.0 Å². The summed E-state index contributed by atoms with van der Waals surface area (Å²) in [6.07, 6.45) is 0.752. The van der Waals surface area contributed by atoms with Crippen molar-refractivity contribution >= 4 is 5.78 Å². The third kappa shape index (κ3) is 2.19. The summed E-state index contributed by atoms with van der Waals surface area (Å²) in [5, 5.41) is 0. The molecule has 0 spiro atoms. The molecule has 0 saturated heterocycles. The van der Waals surface area contributed by atoms with Crippen molar-refractivity contribution in [2.24, 2.45) is 0 Å². The van der Waals surface area contributed by atoms with Crippen LogP contribution in [-0.4, -0.2) is 16.7 Å². The summed E-state index contributed by atoms with van der Waals surface area (Å²) in [5.74, 6) is -3.58. The van der Waals surface area contributed by atoms with E-state index in [1.807, 2.05) is 0 Å². The van der Waals surface area contributed by atoms with Crippen LogP contribution in [0.5, 0.6) is 0 Å². The molecule has 1 aliphatic carbocycles. The van der Waals surface area contributed by atoms with E-state index in [-0.39, 0.29) is 18.6 Å². The number of carbonyl (C=O) groups is 1. The first-order valence-electron chi connectivity index (χ1n) is 4.90. The van der Waals surface area contributed by atoms with Crippen LogP contribution in [-0.2, 0) is 4.79 Å². The molecule has 1 fully saturated rings. The van der Waals surface area contributed by atoms with Gasteiger partial charge in [-0.05, 0) is 12.1 Å². The van der Waals surface area contributed by atoms with Gasteiger partial charge in [0.25, 0.3) is 0 Å². The number of aromatic nitrogens is 1. The molecular weight excluding hydrogens is 200 g/mol. The molecule has 0 amide bonds. The average Bonchev–Trinajstić information content (AvgIpc) is 2.23. The van der Waals surface area contributed by atoms with Crippen LogP contribution >= 0.6 is 0 Å². The monoisotopic (exact) mass is 211 g/mol. The van der Waals surface area contributed by atoms with Crippen molar-refractivity contribution in [2.75, 3.05) is 0 Å². The van der Waals surface area contributed by atoms with E-state index in [1.54, 1.807) is 18.2 Å². The van der Waals surface area contributed by atoms with Gasteiger partial charge in [-0.3, -0.25) is 9.78 Å². The number of alkyl halides is 2. The van der Waals surface area contributed by atoms with Gasteiger partial charge in [-0.2, -0.15) is 0 Å². The van der Waals surface area contributed by atoms with Crippen molar-refractivity contribution in [2.45, 2.75) is 31.1 Å². The van der Waals surface area contributed by atoms with Gasteiger partial charge in [-0.15, -0.1) is 0 Å². The SMILES string of the molecule is O=C1CCC(F)(F)CC1c1ccccn1. The van der Waals surface area contributed by atoms with Gasteiger partial charge in [0, 0.05) is 25.5 Å². The standard InChI is InChI=1S/C11H11F2NO/c12-11(13)5-4-10(15)8(7-11)9-3-1-2-6-14-9/h1-3,6,8H,4-5,7H2. The average molecular weight is 211 g/mol. The van der Waals surface area contributed by atoms with Gasteiger partial charge in [0.15, 0.2) is 0 Å². The number of hydrogen-bond donors (Lipinski definition) is 0. The predicted octanol–water partition coefficient (Wildman–Crippen LogP) is 2.55. The number of halogens is 2. The van der Waals surface area contributed by atoms with Gasteiger partial charge < -0.3 is 0 Å². The van der Waals surface area contributed by atoms with E-state index in [2.05, 4.69) is 4.98 Å². The quantitative estimate of drug-likeness (QED) is 0.714. The molecule has 2 nitrogen and oxygen atoms in total. The first-order valence-corrected chi connectivity index (χ1v) is 4.90. The summed E-state index contributed by atoms with van der Waals surface area (Å²) in [6, 6.07) is 5.04. The third-order valence-electron chi connectivity index (χ3n) is 2.67. The zero-order valence-corrected chi connectivity index (χ0v) is 8.12. The number of rotatable bonds is 1. The van der Waals surface area contributed by atoms with E-state index >= 15 is 0 Å². The van der Waals surface area contributed by atoms with E-state index < -0.39 is 18.3 Å². The van der Waals surface area contributed by atoms with Crippen LogP contribution in [0.2, 0.25) is 0 Å². The van der Waals surface area contributed by atoms with Crippen LogP contribution in [0.25, 0.3) is 0 Å². The molecule has 1 aliphatic rings. The summed E-state index contributed by atoms with van der Waals surface area (Å²) < 4.78 is 26.3. The first kappa shape index (κ1) is 10.2. The van der Waals surface area contributed by atoms with Crippen LogP contribution in [0.4, 0.5) is 8.78 Å². The number of pyridine rings is 1. The Hall–Kier alpha value is -1.32. The Morgan fingerprint density at radius 2 is 2.20 bits per heavy atom. The van der Waals surface area contributed by atoms with E-state index in [9.17, 15) is 13.6 Å². The molecule has 2 rings (SSSR count). The summed E-state index contributed by atoms with van der Waals surface area (Å²) in [6.45, 7) is 0. The Balaban J connectivity index is 2.24. The van der Waals surface area contributed by atoms with Gasteiger partial charge in [-0.1, -0.05) is 6.07 Å². The molecule has 4 heteroatoms. The lowest BCUT2D eigenvalue weighted by atomic mass is 9.83. The van der Waals surface area contributed by atoms with Gasteiger partial charge in [0.05, 0.1) is 11.6 Å². The molecule has 0 bridgehead atoms. The zero-order valence-electron chi connectivity index (χ0n) is 8.12. The van der Waals surface area contributed by atoms with E-state index in [4.69, 9.17) is 0 Å². The Kier molecular flexibility index (Phi) is 2.50. The fraction of sp³-hybridized carbons (Fsp3) is 0.455. The molecule has 80 valence electrons. The maximum absolute atomic E-state index is 13.1. The van der Waals surface area contributed by atoms with Crippen LogP contribution in [0.3, 0.4) is 0 Å². The predicted molar refractivity (Wildman–Crippen MR) is 50.8 cm³/mol. The molecule has 1 unspecified atom stereocenters. The third-order valence-corrected chi connectivity index (χ3v) is 2.67. The van der Waals surface area contributed by atoms with E-state index in [0.29, 0.717) is 5.69 Å². The molecule has 0 N–H and O–H groups in total. The van der Waals surface area contributed by atoms with Crippen molar-refractivity contribution in [3.05, 3.63) is 30.1 Å². The molecule has 1 aromatic rings. The number of nitrogens with zero attached hydrogens (tertiary/aromatic N) is 1. The summed E-state index contributed by atoms with van der Waals surface area (Å²) in [7, 11) is 0. The minimum absolute atomic E-state index is 0.0474. The molecule has 0 radical (unpaired) electrons. The van der Waals surface area contributed by atoms with Crippen LogP contribution in [0.1, 0.15) is 30.9 Å². The first-order chi connectivity index (χ1) is 7.08. The van der Waals surface area contributed by atoms with Crippen molar-refractivity contribution in [1.82, 2.24) is 4.98 Å². The van der Waals surface area contributed by atoms with Crippen molar-refractivity contribution < 1.29 is 13.6 Å². The zero-order chi connectivity index (χ0) is 10.9. The lowest BCUT2D eigenvalue weighted by Crippen LogP contribution is -2.31. The van der Waals surface area contributed by atoms with E-state index in [1.165, 1.54) is 6.20 Å². The molecule has 1 heterocycles. The lowest BCUT2D eigenvalue weighted by molar-refractivity contribution is -0.130. The minimum Gasteiger partial charge on any atom is -0.299 e. The number of hydrogen-bond acceptors (Lipinski definition) is 2. The maximum atomic E-state index is 13.1. The Morgan fingerprint density at radius 3 is 2.87 bits per heavy atom. The highest BCUT2D eigenvalue weighted by atomic mass is 19.3. The smallest absolute Gasteiger partial charge is 0.249 e. The molecule has 0 aromatic carbocycles. The highest BCUT2D eigenvalue weighted by Crippen LogP contribution is 2.38. The summed E-state index contributed by atoms with van der Waals surface area (Å²) >= 11 is 0. The summed E-state index contributed by atoms with van der Waals surface area (Å²) in [4.78, 5) is 15.5. The highest BCUT2D eigenvalue weighted by molar-refractivity contribution is 5.86. The van der Waals surface area contributed by atoms with E-state index in [0.717, 1.165) is 0 Å². The number of carbonyl (C=O) groups excluding carboxylic acids is 1. The van der Waals surface area contributed by atoms with Crippen LogP contribution in [0, 0.1) is 0 Å².